The Balaban J connectivity index is 2.99. The minimum atomic E-state index is 0.0292. The fourth-order valence-electron chi connectivity index (χ4n) is 1.14. The molecule has 0 spiro atoms. The molecular weight excluding hydrogens is 310 g/mol. The van der Waals surface area contributed by atoms with E-state index in [4.69, 9.17) is 0 Å². The van der Waals surface area contributed by atoms with Crippen LogP contribution in [-0.2, 0) is 6.54 Å². The molecule has 1 rings (SSSR count). The van der Waals surface area contributed by atoms with Crippen molar-refractivity contribution in [2.75, 3.05) is 5.33 Å². The number of pyridine rings is 1. The molecule has 2 nitrogen and oxygen atoms in total. The zero-order valence-corrected chi connectivity index (χ0v) is 11.4. The van der Waals surface area contributed by atoms with E-state index in [0.29, 0.717) is 4.47 Å². The highest BCUT2D eigenvalue weighted by atomic mass is 79.9. The van der Waals surface area contributed by atoms with Gasteiger partial charge in [-0.1, -0.05) is 29.8 Å². The van der Waals surface area contributed by atoms with E-state index in [1.165, 1.54) is 0 Å². The molecule has 1 heterocycles. The summed E-state index contributed by atoms with van der Waals surface area (Å²) in [4.78, 5) is 11.7. The van der Waals surface area contributed by atoms with Crippen LogP contribution >= 0.6 is 31.9 Å². The summed E-state index contributed by atoms with van der Waals surface area (Å²) >= 11 is 6.67. The Morgan fingerprint density at radius 3 is 2.71 bits per heavy atom. The molecule has 0 aliphatic rings. The Labute approximate surface area is 101 Å². The lowest BCUT2D eigenvalue weighted by molar-refractivity contribution is 0.348. The molecule has 0 atom stereocenters. The maximum Gasteiger partial charge on any atom is 0.264 e. The van der Waals surface area contributed by atoms with Gasteiger partial charge >= 0.3 is 0 Å². The molecule has 0 aromatic carbocycles. The Hall–Kier alpha value is -0.0900. The average Bonchev–Trinajstić information content (AvgIpc) is 2.13. The molecule has 4 heteroatoms. The summed E-state index contributed by atoms with van der Waals surface area (Å²) in [7, 11) is 0. The third-order valence-corrected chi connectivity index (χ3v) is 4.06. The zero-order chi connectivity index (χ0) is 10.8. The van der Waals surface area contributed by atoms with Crippen molar-refractivity contribution >= 4 is 31.9 Å². The first-order chi connectivity index (χ1) is 6.46. The molecule has 0 bridgehead atoms. The van der Waals surface area contributed by atoms with Crippen molar-refractivity contribution in [3.63, 3.8) is 0 Å². The molecule has 0 saturated carbocycles. The predicted molar refractivity (Wildman–Crippen MR) is 66.0 cm³/mol. The van der Waals surface area contributed by atoms with Gasteiger partial charge in [-0.3, -0.25) is 4.79 Å². The van der Waals surface area contributed by atoms with Crippen LogP contribution < -0.4 is 5.56 Å². The average molecular weight is 323 g/mol. The largest absolute Gasteiger partial charge is 0.314 e. The minimum absolute atomic E-state index is 0.0292. The van der Waals surface area contributed by atoms with Crippen LogP contribution in [0.15, 0.2) is 27.6 Å². The van der Waals surface area contributed by atoms with E-state index in [9.17, 15) is 4.79 Å². The van der Waals surface area contributed by atoms with Gasteiger partial charge in [0.1, 0.15) is 0 Å². The summed E-state index contributed by atoms with van der Waals surface area (Å²) in [6.07, 6.45) is 1.82. The topological polar surface area (TPSA) is 22.0 Å². The van der Waals surface area contributed by atoms with Crippen molar-refractivity contribution in [2.24, 2.45) is 5.41 Å². The van der Waals surface area contributed by atoms with Gasteiger partial charge in [-0.05, 0) is 33.5 Å². The molecular formula is C10H13Br2NO. The highest BCUT2D eigenvalue weighted by Crippen LogP contribution is 2.20. The van der Waals surface area contributed by atoms with Crippen LogP contribution in [0.25, 0.3) is 0 Å². The molecule has 0 aliphatic carbocycles. The quantitative estimate of drug-likeness (QED) is 0.784. The monoisotopic (exact) mass is 321 g/mol. The van der Waals surface area contributed by atoms with Crippen LogP contribution in [0.3, 0.4) is 0 Å². The van der Waals surface area contributed by atoms with Gasteiger partial charge in [-0.2, -0.15) is 0 Å². The van der Waals surface area contributed by atoms with Gasteiger partial charge in [0.25, 0.3) is 5.56 Å². The molecule has 0 N–H and O–H groups in total. The first kappa shape index (κ1) is 12.0. The third-order valence-electron chi connectivity index (χ3n) is 1.93. The van der Waals surface area contributed by atoms with Gasteiger partial charge < -0.3 is 4.57 Å². The summed E-state index contributed by atoms with van der Waals surface area (Å²) in [5.41, 5.74) is 0.117. The number of halogens is 2. The van der Waals surface area contributed by atoms with E-state index in [1.54, 1.807) is 10.6 Å². The standard InChI is InChI=1S/C10H13Br2NO/c1-10(2,6-11)7-13-5-3-4-8(12)9(13)14/h3-5H,6-7H2,1-2H3. The van der Waals surface area contributed by atoms with Crippen molar-refractivity contribution in [1.29, 1.82) is 0 Å². The van der Waals surface area contributed by atoms with Crippen LogP contribution in [0.5, 0.6) is 0 Å². The zero-order valence-electron chi connectivity index (χ0n) is 8.26. The number of hydrogen-bond acceptors (Lipinski definition) is 1. The fourth-order valence-corrected chi connectivity index (χ4v) is 1.69. The highest BCUT2D eigenvalue weighted by Gasteiger charge is 2.17. The van der Waals surface area contributed by atoms with Crippen molar-refractivity contribution in [3.8, 4) is 0 Å². The summed E-state index contributed by atoms with van der Waals surface area (Å²) in [6.45, 7) is 4.96. The normalized spacial score (nSPS) is 11.7. The van der Waals surface area contributed by atoms with E-state index in [2.05, 4.69) is 45.7 Å². The molecule has 0 saturated heterocycles. The SMILES string of the molecule is CC(C)(CBr)Cn1cccc(Br)c1=O. The Morgan fingerprint density at radius 1 is 1.50 bits per heavy atom. The van der Waals surface area contributed by atoms with Crippen LogP contribution in [-0.4, -0.2) is 9.90 Å². The Bertz CT molecular complexity index is 371. The van der Waals surface area contributed by atoms with E-state index >= 15 is 0 Å². The molecule has 0 aliphatic heterocycles. The number of alkyl halides is 1. The van der Waals surface area contributed by atoms with E-state index < -0.39 is 0 Å². The molecule has 0 radical (unpaired) electrons. The second kappa shape index (κ2) is 4.62. The molecule has 14 heavy (non-hydrogen) atoms. The maximum atomic E-state index is 11.7. The van der Waals surface area contributed by atoms with Crippen molar-refractivity contribution in [1.82, 2.24) is 4.57 Å². The first-order valence-electron chi connectivity index (χ1n) is 4.37. The van der Waals surface area contributed by atoms with Crippen LogP contribution in [0.2, 0.25) is 0 Å². The minimum Gasteiger partial charge on any atom is -0.314 e. The lowest BCUT2D eigenvalue weighted by atomic mass is 9.97. The number of rotatable bonds is 3. The predicted octanol–water partition coefficient (Wildman–Crippen LogP) is 3.03. The number of aromatic nitrogens is 1. The van der Waals surface area contributed by atoms with Gasteiger partial charge in [-0.25, -0.2) is 0 Å². The lowest BCUT2D eigenvalue weighted by Gasteiger charge is -2.22. The second-order valence-corrected chi connectivity index (χ2v) is 5.50. The van der Waals surface area contributed by atoms with Gasteiger partial charge in [0.05, 0.1) is 4.47 Å². The van der Waals surface area contributed by atoms with Gasteiger partial charge in [-0.15, -0.1) is 0 Å². The van der Waals surface area contributed by atoms with Crippen LogP contribution in [0.4, 0.5) is 0 Å². The smallest absolute Gasteiger partial charge is 0.264 e. The third kappa shape index (κ3) is 2.95. The van der Waals surface area contributed by atoms with Gasteiger partial charge in [0.2, 0.25) is 0 Å². The van der Waals surface area contributed by atoms with Crippen LogP contribution in [0.1, 0.15) is 13.8 Å². The summed E-state index contributed by atoms with van der Waals surface area (Å²) < 4.78 is 2.34. The molecule has 1 aromatic heterocycles. The Morgan fingerprint density at radius 2 is 2.14 bits per heavy atom. The van der Waals surface area contributed by atoms with Gasteiger partial charge in [0, 0.05) is 18.1 Å². The second-order valence-electron chi connectivity index (χ2n) is 4.09. The van der Waals surface area contributed by atoms with Gasteiger partial charge in [0.15, 0.2) is 0 Å². The molecule has 0 unspecified atom stereocenters. The van der Waals surface area contributed by atoms with Crippen molar-refractivity contribution in [3.05, 3.63) is 33.2 Å². The fraction of sp³-hybridized carbons (Fsp3) is 0.500. The van der Waals surface area contributed by atoms with E-state index in [0.717, 1.165) is 11.9 Å². The summed E-state index contributed by atoms with van der Waals surface area (Å²) in [6, 6.07) is 3.63. The van der Waals surface area contributed by atoms with Crippen molar-refractivity contribution in [2.45, 2.75) is 20.4 Å². The molecule has 0 fully saturated rings. The number of hydrogen-bond donors (Lipinski definition) is 0. The molecule has 1 aromatic rings. The van der Waals surface area contributed by atoms with Crippen molar-refractivity contribution < 1.29 is 0 Å². The lowest BCUT2D eigenvalue weighted by Crippen LogP contribution is -2.29. The summed E-state index contributed by atoms with van der Waals surface area (Å²) in [5.74, 6) is 0. The highest BCUT2D eigenvalue weighted by molar-refractivity contribution is 9.10. The van der Waals surface area contributed by atoms with Crippen LogP contribution in [0, 0.1) is 5.41 Å². The molecule has 0 amide bonds. The van der Waals surface area contributed by atoms with E-state index in [1.807, 2.05) is 12.3 Å². The number of nitrogens with zero attached hydrogens (tertiary/aromatic N) is 1. The first-order valence-corrected chi connectivity index (χ1v) is 6.29. The summed E-state index contributed by atoms with van der Waals surface area (Å²) in [5, 5.41) is 0.874. The molecule has 78 valence electrons. The Kier molecular flexibility index (Phi) is 3.95. The van der Waals surface area contributed by atoms with E-state index in [-0.39, 0.29) is 11.0 Å². The maximum absolute atomic E-state index is 11.7.